The van der Waals surface area contributed by atoms with Gasteiger partial charge in [0.25, 0.3) is 0 Å². The summed E-state index contributed by atoms with van der Waals surface area (Å²) in [5.74, 6) is 0. The monoisotopic (exact) mass is 643 g/mol. The van der Waals surface area contributed by atoms with E-state index in [9.17, 15) is 0 Å². The highest BCUT2D eigenvalue weighted by Gasteiger charge is 2.36. The number of benzene rings is 8. The first-order valence-electron chi connectivity index (χ1n) is 17.0. The number of fused-ring (bicyclic) bond motifs is 9. The van der Waals surface area contributed by atoms with Crippen molar-refractivity contribution in [3.8, 4) is 22.3 Å². The van der Waals surface area contributed by atoms with E-state index < -0.39 is 0 Å². The fraction of sp³-hybridized carbons (Fsp3) is 0.0638. The van der Waals surface area contributed by atoms with Crippen LogP contribution in [0.5, 0.6) is 0 Å². The van der Waals surface area contributed by atoms with Crippen LogP contribution >= 0.6 is 11.3 Å². The predicted octanol–water partition coefficient (Wildman–Crippen LogP) is 13.8. The van der Waals surface area contributed by atoms with E-state index in [2.05, 4.69) is 183 Å². The van der Waals surface area contributed by atoms with E-state index in [1.165, 1.54) is 80.8 Å². The van der Waals surface area contributed by atoms with E-state index in [0.29, 0.717) is 0 Å². The summed E-state index contributed by atoms with van der Waals surface area (Å²) in [6.45, 7) is 4.70. The van der Waals surface area contributed by atoms with Crippen molar-refractivity contribution in [2.45, 2.75) is 19.3 Å². The van der Waals surface area contributed by atoms with Gasteiger partial charge in [0, 0.05) is 32.3 Å². The summed E-state index contributed by atoms with van der Waals surface area (Å²) in [5.41, 5.74) is 11.5. The lowest BCUT2D eigenvalue weighted by Crippen LogP contribution is -2.14. The van der Waals surface area contributed by atoms with E-state index in [4.69, 9.17) is 0 Å². The number of nitrogens with zero attached hydrogens (tertiary/aromatic N) is 1. The zero-order valence-corrected chi connectivity index (χ0v) is 28.3. The van der Waals surface area contributed by atoms with Crippen LogP contribution in [-0.4, -0.2) is 0 Å². The van der Waals surface area contributed by atoms with Crippen LogP contribution in [0, 0.1) is 0 Å². The Kier molecular flexibility index (Phi) is 6.16. The van der Waals surface area contributed by atoms with Crippen LogP contribution in [0.3, 0.4) is 0 Å². The van der Waals surface area contributed by atoms with Gasteiger partial charge in [-0.25, -0.2) is 0 Å². The highest BCUT2D eigenvalue weighted by atomic mass is 32.1. The molecule has 0 aliphatic heterocycles. The summed E-state index contributed by atoms with van der Waals surface area (Å²) >= 11 is 1.90. The van der Waals surface area contributed by atoms with Crippen LogP contribution in [0.25, 0.3) is 64.0 Å². The van der Waals surface area contributed by atoms with Crippen molar-refractivity contribution in [1.82, 2.24) is 0 Å². The molecule has 1 aromatic heterocycles. The summed E-state index contributed by atoms with van der Waals surface area (Å²) in [6.07, 6.45) is 0. The topological polar surface area (TPSA) is 3.24 Å². The Hall–Kier alpha value is -5.70. The van der Waals surface area contributed by atoms with E-state index in [1.807, 2.05) is 11.3 Å². The van der Waals surface area contributed by atoms with E-state index in [0.717, 1.165) is 11.4 Å². The Morgan fingerprint density at radius 3 is 1.96 bits per heavy atom. The number of rotatable bonds is 4. The van der Waals surface area contributed by atoms with Gasteiger partial charge < -0.3 is 4.90 Å². The largest absolute Gasteiger partial charge is 0.309 e. The van der Waals surface area contributed by atoms with Crippen LogP contribution < -0.4 is 4.90 Å². The lowest BCUT2D eigenvalue weighted by molar-refractivity contribution is 0.660. The van der Waals surface area contributed by atoms with Crippen molar-refractivity contribution in [2.24, 2.45) is 0 Å². The van der Waals surface area contributed by atoms with Crippen molar-refractivity contribution in [3.05, 3.63) is 175 Å². The molecule has 0 radical (unpaired) electrons. The summed E-state index contributed by atoms with van der Waals surface area (Å²) < 4.78 is 2.64. The molecule has 9 aromatic rings. The summed E-state index contributed by atoms with van der Waals surface area (Å²) in [7, 11) is 0. The number of hydrogen-bond donors (Lipinski definition) is 0. The standard InChI is InChI=1S/C47H33NS/c1-47(2)41-18-8-7-15-40(41)44-36(16-9-19-42(44)47)32-22-25-34(26-23-32)48(35-27-21-30-11-3-4-13-33(30)29-35)43-20-10-17-38-39-28-24-31-12-5-6-14-37(31)45(39)49-46(38)43/h3-29H,1-2H3. The minimum absolute atomic E-state index is 0.0248. The molecule has 0 saturated carbocycles. The molecular weight excluding hydrogens is 611 g/mol. The average molecular weight is 644 g/mol. The van der Waals surface area contributed by atoms with Crippen LogP contribution in [-0.2, 0) is 5.41 Å². The van der Waals surface area contributed by atoms with Gasteiger partial charge in [-0.3, -0.25) is 0 Å². The molecule has 8 aromatic carbocycles. The van der Waals surface area contributed by atoms with Gasteiger partial charge in [0.05, 0.1) is 10.4 Å². The first-order chi connectivity index (χ1) is 24.1. The molecule has 0 N–H and O–H groups in total. The average Bonchev–Trinajstić information content (AvgIpc) is 3.65. The lowest BCUT2D eigenvalue weighted by atomic mass is 9.82. The molecule has 232 valence electrons. The second kappa shape index (κ2) is 10.7. The van der Waals surface area contributed by atoms with Crippen LogP contribution in [0.15, 0.2) is 164 Å². The molecule has 1 aliphatic rings. The smallest absolute Gasteiger partial charge is 0.0640 e. The molecule has 0 atom stereocenters. The lowest BCUT2D eigenvalue weighted by Gasteiger charge is -2.27. The molecule has 0 fully saturated rings. The van der Waals surface area contributed by atoms with Crippen LogP contribution in [0.2, 0.25) is 0 Å². The summed E-state index contributed by atoms with van der Waals surface area (Å²) in [6, 6.07) is 60.5. The maximum Gasteiger partial charge on any atom is 0.0640 e. The van der Waals surface area contributed by atoms with Crippen molar-refractivity contribution in [2.75, 3.05) is 4.90 Å². The van der Waals surface area contributed by atoms with E-state index >= 15 is 0 Å². The number of hydrogen-bond acceptors (Lipinski definition) is 2. The Morgan fingerprint density at radius 2 is 1.08 bits per heavy atom. The minimum atomic E-state index is -0.0248. The van der Waals surface area contributed by atoms with E-state index in [-0.39, 0.29) is 5.41 Å². The zero-order valence-electron chi connectivity index (χ0n) is 27.4. The molecule has 0 unspecified atom stereocenters. The molecule has 0 bridgehead atoms. The third-order valence-electron chi connectivity index (χ3n) is 10.6. The third kappa shape index (κ3) is 4.24. The van der Waals surface area contributed by atoms with E-state index in [1.54, 1.807) is 0 Å². The normalized spacial score (nSPS) is 13.3. The van der Waals surface area contributed by atoms with Gasteiger partial charge in [0.1, 0.15) is 0 Å². The van der Waals surface area contributed by atoms with Crippen LogP contribution in [0.4, 0.5) is 17.1 Å². The summed E-state index contributed by atoms with van der Waals surface area (Å²) in [5, 5.41) is 7.69. The predicted molar refractivity (Wildman–Crippen MR) is 212 cm³/mol. The van der Waals surface area contributed by atoms with Gasteiger partial charge in [-0.2, -0.15) is 0 Å². The van der Waals surface area contributed by atoms with Gasteiger partial charge in [-0.15, -0.1) is 11.3 Å². The molecule has 49 heavy (non-hydrogen) atoms. The molecule has 1 nitrogen and oxygen atoms in total. The highest BCUT2D eigenvalue weighted by Crippen LogP contribution is 2.52. The Bertz CT molecular complexity index is 2750. The maximum atomic E-state index is 2.45. The van der Waals surface area contributed by atoms with Crippen molar-refractivity contribution >= 4 is 70.1 Å². The molecule has 0 spiro atoms. The van der Waals surface area contributed by atoms with Gasteiger partial charge >= 0.3 is 0 Å². The second-order valence-corrected chi connectivity index (χ2v) is 14.8. The SMILES string of the molecule is CC1(C)c2ccccc2-c2c(-c3ccc(N(c4ccc5ccccc5c4)c4cccc5c4sc4c6ccccc6ccc54)cc3)cccc21. The van der Waals surface area contributed by atoms with Crippen molar-refractivity contribution in [3.63, 3.8) is 0 Å². The van der Waals surface area contributed by atoms with Gasteiger partial charge in [0.15, 0.2) is 0 Å². The van der Waals surface area contributed by atoms with Gasteiger partial charge in [0.2, 0.25) is 0 Å². The maximum absolute atomic E-state index is 2.45. The second-order valence-electron chi connectivity index (χ2n) is 13.7. The van der Waals surface area contributed by atoms with Gasteiger partial charge in [-0.05, 0) is 85.3 Å². The molecule has 0 saturated heterocycles. The Morgan fingerprint density at radius 1 is 0.449 bits per heavy atom. The third-order valence-corrected chi connectivity index (χ3v) is 11.9. The number of anilines is 3. The molecule has 0 amide bonds. The fourth-order valence-electron chi connectivity index (χ4n) is 8.22. The minimum Gasteiger partial charge on any atom is -0.309 e. The molecule has 10 rings (SSSR count). The zero-order chi connectivity index (χ0) is 32.7. The first kappa shape index (κ1) is 28.3. The molecule has 1 heterocycles. The molecule has 1 aliphatic carbocycles. The van der Waals surface area contributed by atoms with Crippen molar-refractivity contribution < 1.29 is 0 Å². The quantitative estimate of drug-likeness (QED) is 0.184. The fourth-order valence-corrected chi connectivity index (χ4v) is 9.56. The molecule has 2 heteroatoms. The molecular formula is C47H33NS. The Labute approximate surface area is 290 Å². The van der Waals surface area contributed by atoms with Crippen molar-refractivity contribution in [1.29, 1.82) is 0 Å². The van der Waals surface area contributed by atoms with Crippen LogP contribution in [0.1, 0.15) is 25.0 Å². The highest BCUT2D eigenvalue weighted by molar-refractivity contribution is 7.27. The Balaban J connectivity index is 1.17. The van der Waals surface area contributed by atoms with Gasteiger partial charge in [-0.1, -0.05) is 147 Å². The summed E-state index contributed by atoms with van der Waals surface area (Å²) in [4.78, 5) is 2.45. The first-order valence-corrected chi connectivity index (χ1v) is 17.8. The number of thiophene rings is 1.